The lowest BCUT2D eigenvalue weighted by Gasteiger charge is -2.25. The molecule has 16 heavy (non-hydrogen) atoms. The van der Waals surface area contributed by atoms with Crippen LogP contribution in [0.2, 0.25) is 0 Å². The van der Waals surface area contributed by atoms with Crippen LogP contribution in [0, 0.1) is 0 Å². The van der Waals surface area contributed by atoms with E-state index in [1.165, 1.54) is 6.92 Å². The van der Waals surface area contributed by atoms with Gasteiger partial charge in [0, 0.05) is 6.04 Å². The van der Waals surface area contributed by atoms with Crippen LogP contribution < -0.4 is 11.1 Å². The van der Waals surface area contributed by atoms with Crippen molar-refractivity contribution < 1.29 is 18.0 Å². The molecule has 1 amide bonds. The second-order valence-electron chi connectivity index (χ2n) is 4.56. The lowest BCUT2D eigenvalue weighted by Crippen LogP contribution is -2.54. The molecule has 1 aliphatic rings. The Kier molecular flexibility index (Phi) is 3.83. The van der Waals surface area contributed by atoms with Crippen molar-refractivity contribution in [3.63, 3.8) is 0 Å². The molecule has 94 valence electrons. The smallest absolute Gasteiger partial charge is 0.352 e. The largest absolute Gasteiger partial charge is 0.391 e. The molecule has 3 N–H and O–H groups in total. The Labute approximate surface area is 92.6 Å². The summed E-state index contributed by atoms with van der Waals surface area (Å²) < 4.78 is 36.1. The van der Waals surface area contributed by atoms with Crippen molar-refractivity contribution in [1.29, 1.82) is 0 Å². The lowest BCUT2D eigenvalue weighted by molar-refractivity contribution is -0.142. The molecule has 1 aliphatic carbocycles. The molecule has 0 aromatic carbocycles. The summed E-state index contributed by atoms with van der Waals surface area (Å²) in [5.41, 5.74) is 4.86. The van der Waals surface area contributed by atoms with Crippen molar-refractivity contribution in [1.82, 2.24) is 5.32 Å². The van der Waals surface area contributed by atoms with E-state index in [0.717, 1.165) is 12.8 Å². The summed E-state index contributed by atoms with van der Waals surface area (Å²) in [4.78, 5) is 11.7. The number of amides is 1. The summed E-state index contributed by atoms with van der Waals surface area (Å²) in [7, 11) is 0. The van der Waals surface area contributed by atoms with Gasteiger partial charge in [0.15, 0.2) is 0 Å². The molecule has 0 radical (unpaired) electrons. The van der Waals surface area contributed by atoms with E-state index in [0.29, 0.717) is 12.8 Å². The van der Waals surface area contributed by atoms with Crippen molar-refractivity contribution >= 4 is 5.91 Å². The van der Waals surface area contributed by atoms with E-state index in [-0.39, 0.29) is 0 Å². The molecule has 0 aliphatic heterocycles. The Hall–Kier alpha value is -0.780. The predicted octanol–water partition coefficient (Wildman–Crippen LogP) is 1.71. The van der Waals surface area contributed by atoms with Crippen LogP contribution in [0.4, 0.5) is 13.2 Å². The first kappa shape index (κ1) is 13.3. The van der Waals surface area contributed by atoms with Gasteiger partial charge in [0.05, 0.1) is 12.0 Å². The van der Waals surface area contributed by atoms with Crippen molar-refractivity contribution in [2.24, 2.45) is 5.73 Å². The minimum atomic E-state index is -4.26. The summed E-state index contributed by atoms with van der Waals surface area (Å²) >= 11 is 0. The molecule has 0 spiro atoms. The fourth-order valence-electron chi connectivity index (χ4n) is 2.00. The first-order valence-corrected chi connectivity index (χ1v) is 5.39. The lowest BCUT2D eigenvalue weighted by atomic mass is 9.97. The molecule has 0 bridgehead atoms. The molecular formula is C10H17F3N2O. The van der Waals surface area contributed by atoms with Crippen LogP contribution in [0.15, 0.2) is 0 Å². The number of alkyl halides is 3. The molecule has 1 fully saturated rings. The Bertz CT molecular complexity index is 259. The number of carbonyl (C=O) groups is 1. The van der Waals surface area contributed by atoms with Crippen LogP contribution in [0.5, 0.6) is 0 Å². The average molecular weight is 238 g/mol. The number of hydrogen-bond acceptors (Lipinski definition) is 2. The third kappa shape index (κ3) is 3.66. The maximum atomic E-state index is 12.0. The first-order valence-electron chi connectivity index (χ1n) is 5.39. The quantitative estimate of drug-likeness (QED) is 0.786. The number of rotatable bonds is 3. The summed E-state index contributed by atoms with van der Waals surface area (Å²) in [5, 5.41) is 2.33. The molecule has 0 aromatic rings. The minimum absolute atomic E-state index is 0.457. The van der Waals surface area contributed by atoms with Gasteiger partial charge >= 0.3 is 6.18 Å². The Morgan fingerprint density at radius 2 is 1.94 bits per heavy atom. The van der Waals surface area contributed by atoms with E-state index < -0.39 is 30.1 Å². The van der Waals surface area contributed by atoms with Gasteiger partial charge in [0.25, 0.3) is 0 Å². The van der Waals surface area contributed by atoms with Crippen LogP contribution >= 0.6 is 0 Å². The average Bonchev–Trinajstić information content (AvgIpc) is 2.49. The number of hydrogen-bond donors (Lipinski definition) is 2. The fraction of sp³-hybridized carbons (Fsp3) is 0.900. The normalized spacial score (nSPS) is 21.8. The van der Waals surface area contributed by atoms with Crippen LogP contribution in [-0.4, -0.2) is 23.7 Å². The molecule has 1 unspecified atom stereocenters. The summed E-state index contributed by atoms with van der Waals surface area (Å²) in [6.07, 6.45) is -2.46. The van der Waals surface area contributed by atoms with Crippen LogP contribution in [-0.2, 0) is 4.79 Å². The SMILES string of the molecule is CC(CC(F)(F)F)NC(=O)C1(N)CCCC1. The highest BCUT2D eigenvalue weighted by Gasteiger charge is 2.38. The zero-order valence-electron chi connectivity index (χ0n) is 9.23. The minimum Gasteiger partial charge on any atom is -0.352 e. The highest BCUT2D eigenvalue weighted by Crippen LogP contribution is 2.28. The van der Waals surface area contributed by atoms with Gasteiger partial charge in [-0.25, -0.2) is 0 Å². The van der Waals surface area contributed by atoms with E-state index in [2.05, 4.69) is 5.32 Å². The van der Waals surface area contributed by atoms with E-state index in [9.17, 15) is 18.0 Å². The predicted molar refractivity (Wildman–Crippen MR) is 53.7 cm³/mol. The van der Waals surface area contributed by atoms with Crippen molar-refractivity contribution in [3.8, 4) is 0 Å². The Balaban J connectivity index is 2.45. The molecule has 0 heterocycles. The van der Waals surface area contributed by atoms with Gasteiger partial charge in [-0.2, -0.15) is 13.2 Å². The van der Waals surface area contributed by atoms with Gasteiger partial charge in [0.1, 0.15) is 0 Å². The van der Waals surface area contributed by atoms with Crippen molar-refractivity contribution in [2.75, 3.05) is 0 Å². The Morgan fingerprint density at radius 3 is 2.38 bits per heavy atom. The van der Waals surface area contributed by atoms with Gasteiger partial charge in [-0.1, -0.05) is 12.8 Å². The Morgan fingerprint density at radius 1 is 1.44 bits per heavy atom. The zero-order chi connectivity index (χ0) is 12.4. The van der Waals surface area contributed by atoms with E-state index in [1.54, 1.807) is 0 Å². The van der Waals surface area contributed by atoms with Crippen LogP contribution in [0.1, 0.15) is 39.0 Å². The zero-order valence-corrected chi connectivity index (χ0v) is 9.23. The highest BCUT2D eigenvalue weighted by molar-refractivity contribution is 5.86. The van der Waals surface area contributed by atoms with Gasteiger partial charge < -0.3 is 11.1 Å². The topological polar surface area (TPSA) is 55.1 Å². The van der Waals surface area contributed by atoms with Crippen LogP contribution in [0.25, 0.3) is 0 Å². The van der Waals surface area contributed by atoms with Gasteiger partial charge in [-0.3, -0.25) is 4.79 Å². The summed E-state index contributed by atoms with van der Waals surface area (Å²) in [6.45, 7) is 1.34. The number of nitrogens with one attached hydrogen (secondary N) is 1. The number of carbonyl (C=O) groups excluding carboxylic acids is 1. The summed E-state index contributed by atoms with van der Waals surface area (Å²) in [5.74, 6) is -0.457. The first-order chi connectivity index (χ1) is 7.23. The fourth-order valence-corrected chi connectivity index (χ4v) is 2.00. The molecule has 1 rings (SSSR count). The number of nitrogens with two attached hydrogens (primary N) is 1. The molecule has 1 saturated carbocycles. The molecule has 3 nitrogen and oxygen atoms in total. The molecule has 0 aromatic heterocycles. The second-order valence-corrected chi connectivity index (χ2v) is 4.56. The highest BCUT2D eigenvalue weighted by atomic mass is 19.4. The second kappa shape index (κ2) is 4.61. The maximum absolute atomic E-state index is 12.0. The van der Waals surface area contributed by atoms with Gasteiger partial charge in [0.2, 0.25) is 5.91 Å². The maximum Gasteiger partial charge on any atom is 0.391 e. The monoisotopic (exact) mass is 238 g/mol. The third-order valence-electron chi connectivity index (χ3n) is 2.86. The van der Waals surface area contributed by atoms with Gasteiger partial charge in [-0.05, 0) is 19.8 Å². The van der Waals surface area contributed by atoms with E-state index >= 15 is 0 Å². The van der Waals surface area contributed by atoms with Crippen LogP contribution in [0.3, 0.4) is 0 Å². The number of halogens is 3. The van der Waals surface area contributed by atoms with Gasteiger partial charge in [-0.15, -0.1) is 0 Å². The van der Waals surface area contributed by atoms with E-state index in [1.807, 2.05) is 0 Å². The molecule has 6 heteroatoms. The third-order valence-corrected chi connectivity index (χ3v) is 2.86. The summed E-state index contributed by atoms with van der Waals surface area (Å²) in [6, 6.07) is -0.923. The molecule has 0 saturated heterocycles. The van der Waals surface area contributed by atoms with Crippen molar-refractivity contribution in [2.45, 2.75) is 56.8 Å². The standard InChI is InChI=1S/C10H17F3N2O/c1-7(6-10(11,12)13)15-8(16)9(14)4-2-3-5-9/h7H,2-6,14H2,1H3,(H,15,16). The molecule has 1 atom stereocenters. The molecular weight excluding hydrogens is 221 g/mol. The van der Waals surface area contributed by atoms with Crippen molar-refractivity contribution in [3.05, 3.63) is 0 Å². The van der Waals surface area contributed by atoms with E-state index in [4.69, 9.17) is 5.73 Å².